The van der Waals surface area contributed by atoms with Crippen LogP contribution in [0, 0.1) is 5.92 Å². The molecular weight excluding hydrogens is 228 g/mol. The molecule has 1 amide bonds. The summed E-state index contributed by atoms with van der Waals surface area (Å²) in [6.45, 7) is 8.16. The summed E-state index contributed by atoms with van der Waals surface area (Å²) in [6, 6.07) is 0.337. The molecule has 1 aliphatic heterocycles. The number of likely N-dealkylation sites (tertiary alicyclic amines) is 1. The van der Waals surface area contributed by atoms with Gasteiger partial charge < -0.3 is 15.3 Å². The molecule has 0 aliphatic carbocycles. The zero-order valence-corrected chi connectivity index (χ0v) is 12.0. The molecule has 1 saturated heterocycles. The van der Waals surface area contributed by atoms with Crippen molar-refractivity contribution in [2.75, 3.05) is 19.7 Å². The number of piperidine rings is 1. The Morgan fingerprint density at radius 2 is 2.22 bits per heavy atom. The highest BCUT2D eigenvalue weighted by atomic mass is 16.3. The Morgan fingerprint density at radius 3 is 2.78 bits per heavy atom. The van der Waals surface area contributed by atoms with Crippen molar-refractivity contribution in [3.05, 3.63) is 0 Å². The summed E-state index contributed by atoms with van der Waals surface area (Å²) in [5, 5.41) is 12.4. The molecule has 1 heterocycles. The molecule has 0 aromatic heterocycles. The molecule has 0 radical (unpaired) electrons. The summed E-state index contributed by atoms with van der Waals surface area (Å²) in [4.78, 5) is 14.3. The van der Waals surface area contributed by atoms with E-state index in [1.165, 1.54) is 0 Å². The molecule has 18 heavy (non-hydrogen) atoms. The predicted molar refractivity (Wildman–Crippen MR) is 73.4 cm³/mol. The van der Waals surface area contributed by atoms with Gasteiger partial charge >= 0.3 is 0 Å². The minimum Gasteiger partial charge on any atom is -0.396 e. The quantitative estimate of drug-likeness (QED) is 0.723. The number of aliphatic hydroxyl groups excluding tert-OH is 1. The van der Waals surface area contributed by atoms with E-state index in [4.69, 9.17) is 5.11 Å². The lowest BCUT2D eigenvalue weighted by Gasteiger charge is -2.35. The third-order valence-corrected chi connectivity index (χ3v) is 3.66. The lowest BCUT2D eigenvalue weighted by molar-refractivity contribution is -0.137. The van der Waals surface area contributed by atoms with E-state index < -0.39 is 0 Å². The van der Waals surface area contributed by atoms with Crippen molar-refractivity contribution in [3.63, 3.8) is 0 Å². The predicted octanol–water partition coefficient (Wildman–Crippen LogP) is 1.38. The molecule has 2 unspecified atom stereocenters. The van der Waals surface area contributed by atoms with Crippen molar-refractivity contribution in [3.8, 4) is 0 Å². The van der Waals surface area contributed by atoms with E-state index in [2.05, 4.69) is 26.1 Å². The van der Waals surface area contributed by atoms with Gasteiger partial charge in [0.15, 0.2) is 0 Å². The molecule has 106 valence electrons. The van der Waals surface area contributed by atoms with Crippen LogP contribution in [0.1, 0.15) is 46.5 Å². The van der Waals surface area contributed by atoms with Crippen molar-refractivity contribution in [2.24, 2.45) is 5.92 Å². The smallest absolute Gasteiger partial charge is 0.239 e. The van der Waals surface area contributed by atoms with Crippen molar-refractivity contribution in [2.45, 2.75) is 58.5 Å². The standard InChI is InChI=1S/C14H28N2O2/c1-4-12(7-9-17)10-16-8-5-6-13(14(16)18)15-11(2)3/h11-13,15,17H,4-10H2,1-3H3. The Balaban J connectivity index is 2.51. The molecule has 0 aromatic carbocycles. The van der Waals surface area contributed by atoms with Crippen LogP contribution in [-0.4, -0.2) is 47.7 Å². The number of nitrogens with one attached hydrogen (secondary N) is 1. The maximum atomic E-state index is 12.3. The van der Waals surface area contributed by atoms with E-state index in [0.717, 1.165) is 38.8 Å². The fourth-order valence-electron chi connectivity index (χ4n) is 2.60. The van der Waals surface area contributed by atoms with Crippen molar-refractivity contribution >= 4 is 5.91 Å². The van der Waals surface area contributed by atoms with Crippen LogP contribution >= 0.6 is 0 Å². The van der Waals surface area contributed by atoms with Crippen molar-refractivity contribution in [1.29, 1.82) is 0 Å². The molecule has 1 fully saturated rings. The summed E-state index contributed by atoms with van der Waals surface area (Å²) < 4.78 is 0. The number of rotatable bonds is 7. The topological polar surface area (TPSA) is 52.6 Å². The summed E-state index contributed by atoms with van der Waals surface area (Å²) in [5.74, 6) is 0.670. The van der Waals surface area contributed by atoms with E-state index in [1.807, 2.05) is 4.90 Å². The second kappa shape index (κ2) is 7.74. The first-order valence-electron chi connectivity index (χ1n) is 7.24. The van der Waals surface area contributed by atoms with Gasteiger partial charge in [0.05, 0.1) is 6.04 Å². The van der Waals surface area contributed by atoms with Gasteiger partial charge in [-0.25, -0.2) is 0 Å². The Morgan fingerprint density at radius 1 is 1.50 bits per heavy atom. The summed E-state index contributed by atoms with van der Waals surface area (Å²) >= 11 is 0. The van der Waals surface area contributed by atoms with Gasteiger partial charge in [0.2, 0.25) is 5.91 Å². The molecule has 4 heteroatoms. The van der Waals surface area contributed by atoms with Gasteiger partial charge in [0.25, 0.3) is 0 Å². The molecule has 1 aliphatic rings. The number of carbonyl (C=O) groups excluding carboxylic acids is 1. The average molecular weight is 256 g/mol. The minimum absolute atomic E-state index is 0.00890. The number of hydrogen-bond acceptors (Lipinski definition) is 3. The van der Waals surface area contributed by atoms with Gasteiger partial charge in [0, 0.05) is 25.7 Å². The van der Waals surface area contributed by atoms with Gasteiger partial charge in [0.1, 0.15) is 0 Å². The summed E-state index contributed by atoms with van der Waals surface area (Å²) in [6.07, 6.45) is 3.84. The van der Waals surface area contributed by atoms with Gasteiger partial charge in [-0.3, -0.25) is 4.79 Å². The zero-order valence-electron chi connectivity index (χ0n) is 12.0. The fourth-order valence-corrected chi connectivity index (χ4v) is 2.60. The first-order chi connectivity index (χ1) is 8.58. The lowest BCUT2D eigenvalue weighted by Crippen LogP contribution is -2.53. The largest absolute Gasteiger partial charge is 0.396 e. The first-order valence-corrected chi connectivity index (χ1v) is 7.24. The molecule has 2 N–H and O–H groups in total. The van der Waals surface area contributed by atoms with Crippen molar-refractivity contribution < 1.29 is 9.90 Å². The number of nitrogens with zero attached hydrogens (tertiary/aromatic N) is 1. The highest BCUT2D eigenvalue weighted by Crippen LogP contribution is 2.17. The van der Waals surface area contributed by atoms with Crippen LogP contribution in [0.4, 0.5) is 0 Å². The van der Waals surface area contributed by atoms with E-state index >= 15 is 0 Å². The van der Waals surface area contributed by atoms with Crippen LogP contribution in [0.15, 0.2) is 0 Å². The van der Waals surface area contributed by atoms with Gasteiger partial charge in [-0.2, -0.15) is 0 Å². The Hall–Kier alpha value is -0.610. The highest BCUT2D eigenvalue weighted by molar-refractivity contribution is 5.82. The van der Waals surface area contributed by atoms with E-state index in [0.29, 0.717) is 12.0 Å². The van der Waals surface area contributed by atoms with Crippen molar-refractivity contribution in [1.82, 2.24) is 10.2 Å². The number of carbonyl (C=O) groups is 1. The third-order valence-electron chi connectivity index (χ3n) is 3.66. The second-order valence-corrected chi connectivity index (χ2v) is 5.59. The van der Waals surface area contributed by atoms with Crippen LogP contribution in [0.5, 0.6) is 0 Å². The van der Waals surface area contributed by atoms with Crippen LogP contribution < -0.4 is 5.32 Å². The van der Waals surface area contributed by atoms with Crippen LogP contribution in [0.25, 0.3) is 0 Å². The molecule has 0 spiro atoms. The van der Waals surface area contributed by atoms with E-state index in [9.17, 15) is 4.79 Å². The molecule has 0 bridgehead atoms. The van der Waals surface area contributed by atoms with Crippen LogP contribution in [0.2, 0.25) is 0 Å². The lowest BCUT2D eigenvalue weighted by atomic mass is 9.98. The minimum atomic E-state index is -0.00890. The second-order valence-electron chi connectivity index (χ2n) is 5.59. The zero-order chi connectivity index (χ0) is 13.5. The Kier molecular flexibility index (Phi) is 6.65. The molecule has 0 aromatic rings. The monoisotopic (exact) mass is 256 g/mol. The van der Waals surface area contributed by atoms with Gasteiger partial charge in [-0.05, 0) is 25.2 Å². The van der Waals surface area contributed by atoms with Crippen LogP contribution in [-0.2, 0) is 4.79 Å². The molecular formula is C14H28N2O2. The number of aliphatic hydroxyl groups is 1. The summed E-state index contributed by atoms with van der Waals surface area (Å²) in [7, 11) is 0. The normalized spacial score (nSPS) is 22.6. The third kappa shape index (κ3) is 4.58. The SMILES string of the molecule is CCC(CCO)CN1CCCC(NC(C)C)C1=O. The molecule has 0 saturated carbocycles. The number of amides is 1. The molecule has 4 nitrogen and oxygen atoms in total. The van der Waals surface area contributed by atoms with E-state index in [1.54, 1.807) is 0 Å². The maximum absolute atomic E-state index is 12.3. The molecule has 1 rings (SSSR count). The maximum Gasteiger partial charge on any atom is 0.239 e. The average Bonchev–Trinajstić information content (AvgIpc) is 2.32. The van der Waals surface area contributed by atoms with Crippen LogP contribution in [0.3, 0.4) is 0 Å². The van der Waals surface area contributed by atoms with Gasteiger partial charge in [-0.1, -0.05) is 27.2 Å². The molecule has 2 atom stereocenters. The Bertz CT molecular complexity index is 256. The number of hydrogen-bond donors (Lipinski definition) is 2. The fraction of sp³-hybridized carbons (Fsp3) is 0.929. The Labute approximate surface area is 111 Å². The summed E-state index contributed by atoms with van der Waals surface area (Å²) in [5.41, 5.74) is 0. The van der Waals surface area contributed by atoms with E-state index in [-0.39, 0.29) is 18.6 Å². The first kappa shape index (κ1) is 15.4. The van der Waals surface area contributed by atoms with Gasteiger partial charge in [-0.15, -0.1) is 0 Å². The highest BCUT2D eigenvalue weighted by Gasteiger charge is 2.29.